The minimum atomic E-state index is 0.763. The van der Waals surface area contributed by atoms with Crippen molar-refractivity contribution >= 4 is 10.9 Å². The second kappa shape index (κ2) is 7.48. The average Bonchev–Trinajstić information content (AvgIpc) is 2.59. The zero-order valence-corrected chi connectivity index (χ0v) is 13.4. The zero-order chi connectivity index (χ0) is 15.2. The van der Waals surface area contributed by atoms with Crippen LogP contribution in [0.3, 0.4) is 0 Å². The average molecular weight is 299 g/mol. The van der Waals surface area contributed by atoms with Crippen molar-refractivity contribution in [2.45, 2.75) is 44.9 Å². The van der Waals surface area contributed by atoms with Crippen LogP contribution in [0.25, 0.3) is 10.9 Å². The van der Waals surface area contributed by atoms with Crippen molar-refractivity contribution in [2.24, 2.45) is 5.92 Å². The van der Waals surface area contributed by atoms with Gasteiger partial charge in [0.1, 0.15) is 0 Å². The maximum Gasteiger partial charge on any atom is 0.162 e. The molecule has 3 heteroatoms. The monoisotopic (exact) mass is 299 g/mol. The van der Waals surface area contributed by atoms with E-state index in [1.54, 1.807) is 13.3 Å². The van der Waals surface area contributed by atoms with Gasteiger partial charge in [-0.1, -0.05) is 38.2 Å². The van der Waals surface area contributed by atoms with Crippen LogP contribution in [0.4, 0.5) is 0 Å². The van der Waals surface area contributed by atoms with Gasteiger partial charge >= 0.3 is 0 Å². The van der Waals surface area contributed by atoms with Gasteiger partial charge in [-0.25, -0.2) is 0 Å². The van der Waals surface area contributed by atoms with E-state index in [9.17, 15) is 0 Å². The second-order valence-electron chi connectivity index (χ2n) is 6.19. The lowest BCUT2D eigenvalue weighted by Gasteiger charge is -2.21. The molecule has 2 aromatic rings. The minimum Gasteiger partial charge on any atom is -0.493 e. The fourth-order valence-electron chi connectivity index (χ4n) is 3.38. The lowest BCUT2D eigenvalue weighted by Crippen LogP contribution is -2.08. The Kier molecular flexibility index (Phi) is 5.15. The molecule has 0 spiro atoms. The summed E-state index contributed by atoms with van der Waals surface area (Å²) in [7, 11) is 1.68. The lowest BCUT2D eigenvalue weighted by molar-refractivity contribution is 0.259. The molecule has 0 amide bonds. The molecule has 0 unspecified atom stereocenters. The van der Waals surface area contributed by atoms with Crippen molar-refractivity contribution in [1.82, 2.24) is 4.98 Å². The highest BCUT2D eigenvalue weighted by molar-refractivity contribution is 5.82. The van der Waals surface area contributed by atoms with Gasteiger partial charge in [0.2, 0.25) is 0 Å². The molecular formula is C19H25NO2. The number of pyridine rings is 1. The molecule has 1 aromatic carbocycles. The first-order valence-corrected chi connectivity index (χ1v) is 8.42. The van der Waals surface area contributed by atoms with E-state index in [-0.39, 0.29) is 0 Å². The number of rotatable bonds is 6. The van der Waals surface area contributed by atoms with Crippen LogP contribution in [0.5, 0.6) is 11.5 Å². The number of nitrogens with zero attached hydrogens (tertiary/aromatic N) is 1. The highest BCUT2D eigenvalue weighted by Crippen LogP contribution is 2.32. The standard InChI is InChI=1S/C19H25NO2/c1-21-18-14-17-16(10-5-11-20-17)13-19(18)22-12-6-9-15-7-3-2-4-8-15/h5,10-11,13-15H,2-4,6-9,12H2,1H3. The Morgan fingerprint density at radius 2 is 2.00 bits per heavy atom. The summed E-state index contributed by atoms with van der Waals surface area (Å²) in [5, 5.41) is 1.09. The molecule has 1 aliphatic rings. The number of methoxy groups -OCH3 is 1. The highest BCUT2D eigenvalue weighted by Gasteiger charge is 2.13. The van der Waals surface area contributed by atoms with Crippen LogP contribution in [0, 0.1) is 5.92 Å². The summed E-state index contributed by atoms with van der Waals surface area (Å²) in [5.41, 5.74) is 0.939. The van der Waals surface area contributed by atoms with Crippen molar-refractivity contribution in [1.29, 1.82) is 0 Å². The minimum absolute atomic E-state index is 0.763. The van der Waals surface area contributed by atoms with Crippen molar-refractivity contribution in [3.05, 3.63) is 30.5 Å². The van der Waals surface area contributed by atoms with E-state index in [0.29, 0.717) is 0 Å². The molecule has 0 N–H and O–H groups in total. The second-order valence-corrected chi connectivity index (χ2v) is 6.19. The number of hydrogen-bond donors (Lipinski definition) is 0. The Morgan fingerprint density at radius 3 is 2.82 bits per heavy atom. The summed E-state index contributed by atoms with van der Waals surface area (Å²) in [4.78, 5) is 4.35. The lowest BCUT2D eigenvalue weighted by atomic mass is 9.86. The van der Waals surface area contributed by atoms with Gasteiger partial charge in [0.25, 0.3) is 0 Å². The normalized spacial score (nSPS) is 15.9. The summed E-state index contributed by atoms with van der Waals surface area (Å²) in [6, 6.07) is 7.98. The fraction of sp³-hybridized carbons (Fsp3) is 0.526. The van der Waals surface area contributed by atoms with Crippen LogP contribution in [0.15, 0.2) is 30.5 Å². The van der Waals surface area contributed by atoms with Gasteiger partial charge in [-0.15, -0.1) is 0 Å². The predicted octanol–water partition coefficient (Wildman–Crippen LogP) is 4.98. The van der Waals surface area contributed by atoms with Gasteiger partial charge in [0.05, 0.1) is 19.2 Å². The Morgan fingerprint density at radius 1 is 1.14 bits per heavy atom. The van der Waals surface area contributed by atoms with Crippen molar-refractivity contribution < 1.29 is 9.47 Å². The summed E-state index contributed by atoms with van der Waals surface area (Å²) in [6.45, 7) is 0.763. The summed E-state index contributed by atoms with van der Waals surface area (Å²) >= 11 is 0. The van der Waals surface area contributed by atoms with E-state index in [1.807, 2.05) is 18.2 Å². The van der Waals surface area contributed by atoms with E-state index in [1.165, 1.54) is 38.5 Å². The Labute approximate surface area is 132 Å². The molecule has 0 bridgehead atoms. The summed E-state index contributed by atoms with van der Waals surface area (Å²) < 4.78 is 11.4. The zero-order valence-electron chi connectivity index (χ0n) is 13.4. The molecule has 1 heterocycles. The van der Waals surface area contributed by atoms with Gasteiger partial charge < -0.3 is 9.47 Å². The van der Waals surface area contributed by atoms with Gasteiger partial charge in [0, 0.05) is 17.6 Å². The molecule has 118 valence electrons. The third kappa shape index (κ3) is 3.70. The van der Waals surface area contributed by atoms with Crippen LogP contribution in [-0.4, -0.2) is 18.7 Å². The fourth-order valence-corrected chi connectivity index (χ4v) is 3.38. The van der Waals surface area contributed by atoms with Crippen LogP contribution in [0.2, 0.25) is 0 Å². The highest BCUT2D eigenvalue weighted by atomic mass is 16.5. The number of benzene rings is 1. The molecule has 0 aliphatic heterocycles. The first-order chi connectivity index (χ1) is 10.9. The molecular weight excluding hydrogens is 274 g/mol. The number of aromatic nitrogens is 1. The van der Waals surface area contributed by atoms with Crippen molar-refractivity contribution in [3.63, 3.8) is 0 Å². The molecule has 1 fully saturated rings. The molecule has 1 aliphatic carbocycles. The van der Waals surface area contributed by atoms with E-state index in [4.69, 9.17) is 9.47 Å². The molecule has 1 saturated carbocycles. The third-order valence-electron chi connectivity index (χ3n) is 4.63. The summed E-state index contributed by atoms with van der Waals surface area (Å²) in [5.74, 6) is 2.51. The molecule has 0 atom stereocenters. The van der Waals surface area contributed by atoms with Crippen LogP contribution < -0.4 is 9.47 Å². The van der Waals surface area contributed by atoms with Crippen LogP contribution in [-0.2, 0) is 0 Å². The van der Waals surface area contributed by atoms with Gasteiger partial charge in [0.15, 0.2) is 11.5 Å². The molecule has 22 heavy (non-hydrogen) atoms. The van der Waals surface area contributed by atoms with Crippen LogP contribution in [0.1, 0.15) is 44.9 Å². The van der Waals surface area contributed by atoms with Crippen molar-refractivity contribution in [3.8, 4) is 11.5 Å². The van der Waals surface area contributed by atoms with E-state index < -0.39 is 0 Å². The van der Waals surface area contributed by atoms with E-state index in [2.05, 4.69) is 11.1 Å². The van der Waals surface area contributed by atoms with Gasteiger partial charge in [-0.2, -0.15) is 0 Å². The van der Waals surface area contributed by atoms with Gasteiger partial charge in [-0.05, 0) is 30.9 Å². The molecule has 0 saturated heterocycles. The Bertz CT molecular complexity index is 605. The molecule has 1 aromatic heterocycles. The Hall–Kier alpha value is -1.77. The Balaban J connectivity index is 1.58. The van der Waals surface area contributed by atoms with Gasteiger partial charge in [-0.3, -0.25) is 4.98 Å². The molecule has 3 rings (SSSR count). The topological polar surface area (TPSA) is 31.4 Å². The number of fused-ring (bicyclic) bond motifs is 1. The van der Waals surface area contributed by atoms with Crippen molar-refractivity contribution in [2.75, 3.05) is 13.7 Å². The first kappa shape index (κ1) is 15.1. The maximum absolute atomic E-state index is 5.97. The maximum atomic E-state index is 5.97. The first-order valence-electron chi connectivity index (χ1n) is 8.42. The SMILES string of the molecule is COc1cc2ncccc2cc1OCCCC1CCCCC1. The quantitative estimate of drug-likeness (QED) is 0.705. The molecule has 3 nitrogen and oxygen atoms in total. The molecule has 0 radical (unpaired) electrons. The summed E-state index contributed by atoms with van der Waals surface area (Å²) in [6.07, 6.45) is 11.3. The van der Waals surface area contributed by atoms with Crippen LogP contribution >= 0.6 is 0 Å². The number of hydrogen-bond acceptors (Lipinski definition) is 3. The predicted molar refractivity (Wildman–Crippen MR) is 89.6 cm³/mol. The largest absolute Gasteiger partial charge is 0.493 e. The van der Waals surface area contributed by atoms with E-state index >= 15 is 0 Å². The third-order valence-corrected chi connectivity index (χ3v) is 4.63. The number of ether oxygens (including phenoxy) is 2. The van der Waals surface area contributed by atoms with E-state index in [0.717, 1.165) is 41.3 Å². The smallest absolute Gasteiger partial charge is 0.162 e.